The van der Waals surface area contributed by atoms with Gasteiger partial charge >= 0.3 is 0 Å². The molecule has 1 saturated heterocycles. The Morgan fingerprint density at radius 3 is 2.90 bits per heavy atom. The van der Waals surface area contributed by atoms with Gasteiger partial charge in [0.25, 0.3) is 0 Å². The second kappa shape index (κ2) is 8.17. The summed E-state index contributed by atoms with van der Waals surface area (Å²) in [7, 11) is 0. The molecular formula is C16H28N4O. The molecule has 5 nitrogen and oxygen atoms in total. The van der Waals surface area contributed by atoms with Crippen molar-refractivity contribution >= 4 is 11.6 Å². The van der Waals surface area contributed by atoms with Gasteiger partial charge in [-0.2, -0.15) is 0 Å². The molecule has 0 bridgehead atoms. The minimum Gasteiger partial charge on any atom is -0.396 e. The van der Waals surface area contributed by atoms with E-state index in [0.29, 0.717) is 5.92 Å². The van der Waals surface area contributed by atoms with E-state index in [2.05, 4.69) is 34.0 Å². The maximum atomic E-state index is 9.43. The van der Waals surface area contributed by atoms with Crippen molar-refractivity contribution in [2.45, 2.75) is 46.0 Å². The molecule has 1 fully saturated rings. The lowest BCUT2D eigenvalue weighted by Gasteiger charge is -2.34. The molecular weight excluding hydrogens is 264 g/mol. The Kier molecular flexibility index (Phi) is 6.23. The van der Waals surface area contributed by atoms with Gasteiger partial charge in [0, 0.05) is 31.8 Å². The SMILES string of the molecule is CCCNc1ncnc(N2CCCC(CO)C2)c1CCC. The highest BCUT2D eigenvalue weighted by Gasteiger charge is 2.23. The largest absolute Gasteiger partial charge is 0.396 e. The quantitative estimate of drug-likeness (QED) is 0.808. The zero-order valence-corrected chi connectivity index (χ0v) is 13.3. The van der Waals surface area contributed by atoms with Crippen molar-refractivity contribution in [3.8, 4) is 0 Å². The van der Waals surface area contributed by atoms with Crippen LogP contribution in [-0.4, -0.2) is 41.3 Å². The summed E-state index contributed by atoms with van der Waals surface area (Å²) in [5.41, 5.74) is 1.23. The van der Waals surface area contributed by atoms with E-state index in [1.807, 2.05) is 0 Å². The highest BCUT2D eigenvalue weighted by Crippen LogP contribution is 2.28. The van der Waals surface area contributed by atoms with Crippen LogP contribution in [0.25, 0.3) is 0 Å². The molecule has 0 radical (unpaired) electrons. The van der Waals surface area contributed by atoms with Crippen LogP contribution in [0.5, 0.6) is 0 Å². The first kappa shape index (κ1) is 16.0. The van der Waals surface area contributed by atoms with Crippen molar-refractivity contribution in [3.63, 3.8) is 0 Å². The number of aliphatic hydroxyl groups excluding tert-OH is 1. The summed E-state index contributed by atoms with van der Waals surface area (Å²) >= 11 is 0. The van der Waals surface area contributed by atoms with Gasteiger partial charge < -0.3 is 15.3 Å². The average Bonchev–Trinajstić information content (AvgIpc) is 2.54. The first-order valence-corrected chi connectivity index (χ1v) is 8.23. The molecule has 5 heteroatoms. The molecule has 1 unspecified atom stereocenters. The molecule has 1 aliphatic rings. The third-order valence-corrected chi connectivity index (χ3v) is 4.04. The van der Waals surface area contributed by atoms with Crippen LogP contribution >= 0.6 is 0 Å². The first-order valence-electron chi connectivity index (χ1n) is 8.23. The molecule has 118 valence electrons. The van der Waals surface area contributed by atoms with Crippen molar-refractivity contribution in [2.75, 3.05) is 36.5 Å². The van der Waals surface area contributed by atoms with Crippen LogP contribution < -0.4 is 10.2 Å². The van der Waals surface area contributed by atoms with Crippen LogP contribution in [0.4, 0.5) is 11.6 Å². The molecule has 1 atom stereocenters. The predicted molar refractivity (Wildman–Crippen MR) is 86.8 cm³/mol. The molecule has 0 aromatic carbocycles. The Balaban J connectivity index is 2.24. The predicted octanol–water partition coefficient (Wildman–Crippen LogP) is 2.46. The summed E-state index contributed by atoms with van der Waals surface area (Å²) in [5, 5.41) is 12.9. The third-order valence-electron chi connectivity index (χ3n) is 4.04. The average molecular weight is 292 g/mol. The minimum absolute atomic E-state index is 0.269. The van der Waals surface area contributed by atoms with Crippen molar-refractivity contribution in [1.82, 2.24) is 9.97 Å². The number of rotatable bonds is 7. The lowest BCUT2D eigenvalue weighted by Crippen LogP contribution is -2.38. The molecule has 0 spiro atoms. The van der Waals surface area contributed by atoms with E-state index in [1.54, 1.807) is 6.33 Å². The zero-order valence-electron chi connectivity index (χ0n) is 13.3. The van der Waals surface area contributed by atoms with E-state index in [9.17, 15) is 5.11 Å². The molecule has 1 aromatic rings. The number of piperidine rings is 1. The van der Waals surface area contributed by atoms with Gasteiger partial charge in [-0.1, -0.05) is 20.3 Å². The fourth-order valence-corrected chi connectivity index (χ4v) is 2.96. The smallest absolute Gasteiger partial charge is 0.137 e. The number of anilines is 2. The van der Waals surface area contributed by atoms with Crippen molar-refractivity contribution in [3.05, 3.63) is 11.9 Å². The van der Waals surface area contributed by atoms with Crippen LogP contribution in [-0.2, 0) is 6.42 Å². The summed E-state index contributed by atoms with van der Waals surface area (Å²) in [6.45, 7) is 7.48. The molecule has 0 amide bonds. The Morgan fingerprint density at radius 1 is 1.33 bits per heavy atom. The van der Waals surface area contributed by atoms with Crippen LogP contribution in [0, 0.1) is 5.92 Å². The lowest BCUT2D eigenvalue weighted by atomic mass is 9.98. The lowest BCUT2D eigenvalue weighted by molar-refractivity contribution is 0.208. The number of nitrogens with zero attached hydrogens (tertiary/aromatic N) is 3. The maximum Gasteiger partial charge on any atom is 0.137 e. The van der Waals surface area contributed by atoms with Gasteiger partial charge in [0.05, 0.1) is 0 Å². The number of nitrogens with one attached hydrogen (secondary N) is 1. The normalized spacial score (nSPS) is 18.8. The fraction of sp³-hybridized carbons (Fsp3) is 0.750. The van der Waals surface area contributed by atoms with E-state index in [0.717, 1.165) is 63.4 Å². The summed E-state index contributed by atoms with van der Waals surface area (Å²) in [5.74, 6) is 2.41. The molecule has 2 N–H and O–H groups in total. The van der Waals surface area contributed by atoms with Gasteiger partial charge in [0.15, 0.2) is 0 Å². The molecule has 0 saturated carbocycles. The van der Waals surface area contributed by atoms with Gasteiger partial charge in [-0.15, -0.1) is 0 Å². The Hall–Kier alpha value is -1.36. The topological polar surface area (TPSA) is 61.3 Å². The summed E-state index contributed by atoms with van der Waals surface area (Å²) in [6.07, 6.45) is 7.05. The van der Waals surface area contributed by atoms with Crippen molar-refractivity contribution in [2.24, 2.45) is 5.92 Å². The summed E-state index contributed by atoms with van der Waals surface area (Å²) in [6, 6.07) is 0. The second-order valence-corrected chi connectivity index (χ2v) is 5.84. The van der Waals surface area contributed by atoms with Crippen LogP contribution in [0.3, 0.4) is 0 Å². The van der Waals surface area contributed by atoms with E-state index < -0.39 is 0 Å². The van der Waals surface area contributed by atoms with Crippen LogP contribution in [0.15, 0.2) is 6.33 Å². The maximum absolute atomic E-state index is 9.43. The number of hydrogen-bond donors (Lipinski definition) is 2. The molecule has 2 heterocycles. The van der Waals surface area contributed by atoms with Gasteiger partial charge in [0.1, 0.15) is 18.0 Å². The Bertz CT molecular complexity index is 438. The summed E-state index contributed by atoms with van der Waals surface area (Å²) in [4.78, 5) is 11.3. The van der Waals surface area contributed by atoms with E-state index in [4.69, 9.17) is 0 Å². The molecule has 1 aromatic heterocycles. The monoisotopic (exact) mass is 292 g/mol. The van der Waals surface area contributed by atoms with Gasteiger partial charge in [0.2, 0.25) is 0 Å². The van der Waals surface area contributed by atoms with Crippen LogP contribution in [0.1, 0.15) is 45.1 Å². The number of aromatic nitrogens is 2. The van der Waals surface area contributed by atoms with E-state index >= 15 is 0 Å². The van der Waals surface area contributed by atoms with E-state index in [-0.39, 0.29) is 6.61 Å². The third kappa shape index (κ3) is 4.06. The van der Waals surface area contributed by atoms with Crippen molar-refractivity contribution in [1.29, 1.82) is 0 Å². The first-order chi connectivity index (χ1) is 10.3. The van der Waals surface area contributed by atoms with E-state index in [1.165, 1.54) is 5.56 Å². The number of aliphatic hydroxyl groups is 1. The Labute approximate surface area is 127 Å². The second-order valence-electron chi connectivity index (χ2n) is 5.84. The zero-order chi connectivity index (χ0) is 15.1. The molecule has 21 heavy (non-hydrogen) atoms. The van der Waals surface area contributed by atoms with Gasteiger partial charge in [-0.3, -0.25) is 0 Å². The molecule has 0 aliphatic carbocycles. The fourth-order valence-electron chi connectivity index (χ4n) is 2.96. The number of hydrogen-bond acceptors (Lipinski definition) is 5. The standard InChI is InChI=1S/C16H28N4O/c1-3-6-14-15(17-8-4-2)18-12-19-16(14)20-9-5-7-13(10-20)11-21/h12-13,21H,3-11H2,1-2H3,(H,17,18,19). The van der Waals surface area contributed by atoms with Gasteiger partial charge in [-0.25, -0.2) is 9.97 Å². The summed E-state index contributed by atoms with van der Waals surface area (Å²) < 4.78 is 0. The Morgan fingerprint density at radius 2 is 2.19 bits per heavy atom. The molecule has 2 rings (SSSR count). The minimum atomic E-state index is 0.269. The highest BCUT2D eigenvalue weighted by molar-refractivity contribution is 5.59. The highest BCUT2D eigenvalue weighted by atomic mass is 16.3. The van der Waals surface area contributed by atoms with Crippen LogP contribution in [0.2, 0.25) is 0 Å². The van der Waals surface area contributed by atoms with Crippen molar-refractivity contribution < 1.29 is 5.11 Å². The molecule has 1 aliphatic heterocycles. The van der Waals surface area contributed by atoms with Gasteiger partial charge in [-0.05, 0) is 31.6 Å².